The van der Waals surface area contributed by atoms with Crippen molar-refractivity contribution in [3.8, 4) is 0 Å². The van der Waals surface area contributed by atoms with Gasteiger partial charge in [-0.3, -0.25) is 43.2 Å². The summed E-state index contributed by atoms with van der Waals surface area (Å²) in [7, 11) is 0. The maximum absolute atomic E-state index is 15.5. The first-order valence-electron chi connectivity index (χ1n) is 17.9. The second-order valence-electron chi connectivity index (χ2n) is 13.2. The SMILES string of the molecule is CC(=O)OC[C@H]1O[C@H](F)[C@H](OC(C)=O)[C@@H](OC(C)=O)[C@@H]1O[C@@H]1O[C@H](CS[C@H]2OC[C@@H](OC(C)=O)[C@H](OC(C)=O)[C@H]2OC(C)=O)[C@@H](OC(C)=O)[C@H](OC(C)=O)[C@H]1OC(C)=O. The van der Waals surface area contributed by atoms with Crippen molar-refractivity contribution in [3.05, 3.63) is 0 Å². The Bertz CT molecular complexity index is 1570. The molecule has 0 aromatic heterocycles. The Labute approximate surface area is 340 Å². The monoisotopic (exact) mass is 870 g/mol. The summed E-state index contributed by atoms with van der Waals surface area (Å²) in [5.74, 6) is -8.53. The fraction of sp³-hybridized carbons (Fsp3) is 0.743. The Hall–Kier alpha value is -4.65. The van der Waals surface area contributed by atoms with Crippen LogP contribution in [0.3, 0.4) is 0 Å². The van der Waals surface area contributed by atoms with E-state index < -0.39 is 146 Å². The van der Waals surface area contributed by atoms with Crippen LogP contribution < -0.4 is 0 Å². The summed E-state index contributed by atoms with van der Waals surface area (Å²) in [5, 5.41) is 0. The Morgan fingerprint density at radius 1 is 0.492 bits per heavy atom. The lowest BCUT2D eigenvalue weighted by Gasteiger charge is -2.48. The van der Waals surface area contributed by atoms with Gasteiger partial charge in [0.2, 0.25) is 6.36 Å². The largest absolute Gasteiger partial charge is 0.463 e. The van der Waals surface area contributed by atoms with Crippen LogP contribution in [0.5, 0.6) is 0 Å². The van der Waals surface area contributed by atoms with E-state index in [0.29, 0.717) is 0 Å². The quantitative estimate of drug-likeness (QED) is 0.153. The smallest absolute Gasteiger partial charge is 0.303 e. The molecule has 0 unspecified atom stereocenters. The van der Waals surface area contributed by atoms with Crippen molar-refractivity contribution < 1.29 is 109 Å². The molecule has 0 amide bonds. The normalized spacial score (nSPS) is 32.8. The standard InChI is InChI=1S/C35H47FO22S/c1-13(37)46-10-23-25(28(51-17(5)41)30(33(36)56-23)53-19(7)43)58-34-31(54-20(8)44)29(52-18(6)42)27(50-16(4)40)24(57-34)12-59-35-32(55-21(9)45)26(49-15(3)39)22(11-47-35)48-14(2)38/h22-35H,10-12H2,1-9H3/t22-,23-,24-,25-,26+,27-,28+,29+,30-,31-,32-,33+,34+,35-/m1/s1. The summed E-state index contributed by atoms with van der Waals surface area (Å²) < 4.78 is 87.5. The Morgan fingerprint density at radius 2 is 0.932 bits per heavy atom. The van der Waals surface area contributed by atoms with Crippen LogP contribution in [-0.2, 0) is 105 Å². The molecule has 0 aromatic carbocycles. The third kappa shape index (κ3) is 14.5. The lowest BCUT2D eigenvalue weighted by atomic mass is 9.96. The molecule has 3 aliphatic heterocycles. The molecule has 0 radical (unpaired) electrons. The van der Waals surface area contributed by atoms with Crippen molar-refractivity contribution in [2.75, 3.05) is 19.0 Å². The zero-order chi connectivity index (χ0) is 44.3. The number of hydrogen-bond donors (Lipinski definition) is 0. The molecule has 0 aliphatic carbocycles. The lowest BCUT2D eigenvalue weighted by Crippen LogP contribution is -2.66. The molecule has 24 heteroatoms. The molecule has 0 spiro atoms. The summed E-state index contributed by atoms with van der Waals surface area (Å²) in [5.41, 5.74) is -1.21. The number of alkyl halides is 1. The van der Waals surface area contributed by atoms with Gasteiger partial charge in [0.25, 0.3) is 0 Å². The molecular formula is C35H47FO22S. The van der Waals surface area contributed by atoms with Gasteiger partial charge in [-0.2, -0.15) is 0 Å². The highest BCUT2D eigenvalue weighted by Crippen LogP contribution is 2.38. The van der Waals surface area contributed by atoms with Gasteiger partial charge in [0.1, 0.15) is 30.4 Å². The topological polar surface area (TPSA) is 274 Å². The molecule has 3 rings (SSSR count). The van der Waals surface area contributed by atoms with Crippen LogP contribution in [0, 0.1) is 0 Å². The van der Waals surface area contributed by atoms with E-state index in [1.807, 2.05) is 0 Å². The molecule has 22 nitrogen and oxygen atoms in total. The van der Waals surface area contributed by atoms with Crippen LogP contribution >= 0.6 is 11.8 Å². The summed E-state index contributed by atoms with van der Waals surface area (Å²) in [6, 6.07) is 0. The van der Waals surface area contributed by atoms with E-state index in [1.54, 1.807) is 0 Å². The van der Waals surface area contributed by atoms with Crippen LogP contribution in [0.4, 0.5) is 4.39 Å². The van der Waals surface area contributed by atoms with Gasteiger partial charge in [-0.15, -0.1) is 11.8 Å². The van der Waals surface area contributed by atoms with Gasteiger partial charge in [0.15, 0.2) is 55.1 Å². The number of halogens is 1. The number of thioether (sulfide) groups is 1. The fourth-order valence-corrected chi connectivity index (χ4v) is 7.52. The minimum Gasteiger partial charge on any atom is -0.463 e. The van der Waals surface area contributed by atoms with E-state index in [-0.39, 0.29) is 12.4 Å². The number of carbonyl (C=O) groups excluding carboxylic acids is 9. The highest BCUT2D eigenvalue weighted by Gasteiger charge is 2.58. The molecule has 3 aliphatic rings. The number of rotatable bonds is 15. The Kier molecular flexibility index (Phi) is 18.2. The molecule has 332 valence electrons. The van der Waals surface area contributed by atoms with Crippen LogP contribution in [-0.4, -0.2) is 158 Å². The van der Waals surface area contributed by atoms with Gasteiger partial charge < -0.3 is 61.6 Å². The summed E-state index contributed by atoms with van der Waals surface area (Å²) >= 11 is 0.839. The first-order chi connectivity index (χ1) is 27.6. The van der Waals surface area contributed by atoms with Gasteiger partial charge >= 0.3 is 53.7 Å². The van der Waals surface area contributed by atoms with Gasteiger partial charge in [-0.1, -0.05) is 0 Å². The fourth-order valence-electron chi connectivity index (χ4n) is 6.30. The first kappa shape index (κ1) is 48.7. The third-order valence-electron chi connectivity index (χ3n) is 8.15. The molecule has 0 bridgehead atoms. The second kappa shape index (κ2) is 22.1. The third-order valence-corrected chi connectivity index (χ3v) is 9.40. The molecule has 3 heterocycles. The van der Waals surface area contributed by atoms with E-state index in [9.17, 15) is 43.2 Å². The first-order valence-corrected chi connectivity index (χ1v) is 19.0. The maximum atomic E-state index is 15.5. The van der Waals surface area contributed by atoms with Crippen molar-refractivity contribution in [3.63, 3.8) is 0 Å². The van der Waals surface area contributed by atoms with Crippen molar-refractivity contribution in [2.45, 2.75) is 148 Å². The maximum Gasteiger partial charge on any atom is 0.303 e. The van der Waals surface area contributed by atoms with Gasteiger partial charge in [0.05, 0.1) is 6.61 Å². The highest BCUT2D eigenvalue weighted by atomic mass is 32.2. The number of carbonyl (C=O) groups is 9. The summed E-state index contributed by atoms with van der Waals surface area (Å²) in [6.45, 7) is 8.06. The number of esters is 9. The Balaban J connectivity index is 2.14. The van der Waals surface area contributed by atoms with Crippen LogP contribution in [0.15, 0.2) is 0 Å². The van der Waals surface area contributed by atoms with E-state index in [2.05, 4.69) is 0 Å². The summed E-state index contributed by atoms with van der Waals surface area (Å²) in [6.07, 6.45) is -22.2. The zero-order valence-corrected chi connectivity index (χ0v) is 34.3. The van der Waals surface area contributed by atoms with Gasteiger partial charge in [0, 0.05) is 68.1 Å². The molecule has 0 aromatic rings. The minimum absolute atomic E-state index is 0.343. The van der Waals surface area contributed by atoms with Crippen LogP contribution in [0.2, 0.25) is 0 Å². The molecule has 0 N–H and O–H groups in total. The molecule has 59 heavy (non-hydrogen) atoms. The molecule has 3 saturated heterocycles. The molecule has 0 saturated carbocycles. The van der Waals surface area contributed by atoms with Crippen molar-refractivity contribution in [1.29, 1.82) is 0 Å². The molecule has 14 atom stereocenters. The van der Waals surface area contributed by atoms with Crippen molar-refractivity contribution in [2.24, 2.45) is 0 Å². The van der Waals surface area contributed by atoms with Crippen LogP contribution in [0.25, 0.3) is 0 Å². The lowest BCUT2D eigenvalue weighted by molar-refractivity contribution is -0.347. The van der Waals surface area contributed by atoms with Gasteiger partial charge in [-0.25, -0.2) is 4.39 Å². The van der Waals surface area contributed by atoms with Crippen molar-refractivity contribution in [1.82, 2.24) is 0 Å². The Morgan fingerprint density at radius 3 is 1.44 bits per heavy atom. The minimum atomic E-state index is -2.47. The predicted molar refractivity (Wildman–Crippen MR) is 187 cm³/mol. The average molecular weight is 871 g/mol. The average Bonchev–Trinajstić information content (AvgIpc) is 3.08. The van der Waals surface area contributed by atoms with E-state index in [0.717, 1.165) is 74.1 Å². The predicted octanol–water partition coefficient (Wildman–Crippen LogP) is -0.103. The number of ether oxygens (including phenoxy) is 13. The zero-order valence-electron chi connectivity index (χ0n) is 33.5. The second-order valence-corrected chi connectivity index (χ2v) is 14.3. The molecule has 3 fully saturated rings. The number of hydrogen-bond acceptors (Lipinski definition) is 23. The van der Waals surface area contributed by atoms with Crippen molar-refractivity contribution >= 4 is 65.5 Å². The summed E-state index contributed by atoms with van der Waals surface area (Å²) in [4.78, 5) is 110. The van der Waals surface area contributed by atoms with E-state index >= 15 is 4.39 Å². The van der Waals surface area contributed by atoms with E-state index in [1.165, 1.54) is 0 Å². The highest BCUT2D eigenvalue weighted by molar-refractivity contribution is 7.99. The molecular weight excluding hydrogens is 823 g/mol. The van der Waals surface area contributed by atoms with E-state index in [4.69, 9.17) is 61.6 Å². The van der Waals surface area contributed by atoms with Crippen LogP contribution in [0.1, 0.15) is 62.3 Å². The van der Waals surface area contributed by atoms with Gasteiger partial charge in [-0.05, 0) is 0 Å².